The Bertz CT molecular complexity index is 1210. The van der Waals surface area contributed by atoms with Gasteiger partial charge in [-0.1, -0.05) is 96.2 Å². The molecule has 0 saturated heterocycles. The summed E-state index contributed by atoms with van der Waals surface area (Å²) in [7, 11) is 0. The molecule has 0 atom stereocenters. The van der Waals surface area contributed by atoms with Gasteiger partial charge in [0.15, 0.2) is 0 Å². The fourth-order valence-electron chi connectivity index (χ4n) is 5.77. The Morgan fingerprint density at radius 1 is 0.949 bits per heavy atom. The second-order valence-corrected chi connectivity index (χ2v) is 12.7. The van der Waals surface area contributed by atoms with Gasteiger partial charge in [0.2, 0.25) is 5.60 Å². The van der Waals surface area contributed by atoms with Crippen LogP contribution < -0.4 is 5.32 Å². The lowest BCUT2D eigenvalue weighted by Crippen LogP contribution is -2.41. The van der Waals surface area contributed by atoms with E-state index in [0.717, 1.165) is 13.0 Å². The predicted octanol–water partition coefficient (Wildman–Crippen LogP) is 7.62. The third-order valence-corrected chi connectivity index (χ3v) is 8.37. The lowest BCUT2D eigenvalue weighted by atomic mass is 9.63. The first kappa shape index (κ1) is 29.3. The van der Waals surface area contributed by atoms with Crippen molar-refractivity contribution in [2.24, 2.45) is 0 Å². The van der Waals surface area contributed by atoms with Gasteiger partial charge in [0.05, 0.1) is 13.2 Å². The Labute approximate surface area is 235 Å². The number of ether oxygens (including phenoxy) is 2. The van der Waals surface area contributed by atoms with E-state index in [4.69, 9.17) is 9.47 Å². The second-order valence-electron chi connectivity index (χ2n) is 12.7. The summed E-state index contributed by atoms with van der Waals surface area (Å²) in [5, 5.41) is 3.39. The molecule has 2 aromatic carbocycles. The van der Waals surface area contributed by atoms with Crippen LogP contribution in [-0.4, -0.2) is 37.4 Å². The van der Waals surface area contributed by atoms with E-state index in [1.165, 1.54) is 40.7 Å². The summed E-state index contributed by atoms with van der Waals surface area (Å²) in [4.78, 5) is 12.9. The number of fused-ring (bicyclic) bond motifs is 1. The zero-order valence-electron chi connectivity index (χ0n) is 25.0. The standard InChI is InChI=1S/C35H47NO3/c1-8-38-32(37)35(39-22-10-21-36-25(2)3)17-15-26(16-18-35)27-11-9-12-28(23-27)29-13-14-30-31(24-29)34(6,7)20-19-33(30,4)5/h9,11-18,23-26,36H,8,10,19-22H2,1-7H3. The van der Waals surface area contributed by atoms with Crippen LogP contribution in [0, 0.1) is 0 Å². The summed E-state index contributed by atoms with van der Waals surface area (Å²) in [6, 6.07) is 16.2. The van der Waals surface area contributed by atoms with Crippen molar-refractivity contribution in [3.8, 4) is 11.1 Å². The molecular weight excluding hydrogens is 482 g/mol. The number of nitrogens with one attached hydrogen (secondary N) is 1. The summed E-state index contributed by atoms with van der Waals surface area (Å²) < 4.78 is 11.5. The van der Waals surface area contributed by atoms with Crippen LogP contribution in [-0.2, 0) is 25.1 Å². The van der Waals surface area contributed by atoms with E-state index in [2.05, 4.69) is 101 Å². The largest absolute Gasteiger partial charge is 0.463 e. The Morgan fingerprint density at radius 2 is 1.62 bits per heavy atom. The minimum absolute atomic E-state index is 0.0618. The minimum Gasteiger partial charge on any atom is -0.463 e. The number of rotatable bonds is 10. The molecule has 210 valence electrons. The maximum atomic E-state index is 12.9. The van der Waals surface area contributed by atoms with E-state index in [-0.39, 0.29) is 22.7 Å². The lowest BCUT2D eigenvalue weighted by Gasteiger charge is -2.42. The van der Waals surface area contributed by atoms with Crippen molar-refractivity contribution in [3.05, 3.63) is 83.5 Å². The Balaban J connectivity index is 1.55. The summed E-state index contributed by atoms with van der Waals surface area (Å²) in [6.45, 7) is 17.2. The average Bonchev–Trinajstić information content (AvgIpc) is 2.91. The molecule has 4 heteroatoms. The summed E-state index contributed by atoms with van der Waals surface area (Å²) >= 11 is 0. The van der Waals surface area contributed by atoms with Crippen molar-refractivity contribution in [1.82, 2.24) is 5.32 Å². The molecular formula is C35H47NO3. The molecule has 0 unspecified atom stereocenters. The molecule has 0 heterocycles. The van der Waals surface area contributed by atoms with Crippen LogP contribution >= 0.6 is 0 Å². The van der Waals surface area contributed by atoms with Gasteiger partial charge in [-0.2, -0.15) is 0 Å². The maximum Gasteiger partial charge on any atom is 0.346 e. The van der Waals surface area contributed by atoms with Gasteiger partial charge in [0, 0.05) is 12.0 Å². The minimum atomic E-state index is -1.17. The summed E-state index contributed by atoms with van der Waals surface area (Å²) in [5.74, 6) is -0.298. The molecule has 2 aliphatic carbocycles. The van der Waals surface area contributed by atoms with Crippen molar-refractivity contribution in [2.45, 2.75) is 96.1 Å². The van der Waals surface area contributed by atoms with E-state index >= 15 is 0 Å². The van der Waals surface area contributed by atoms with Crippen LogP contribution in [0.25, 0.3) is 11.1 Å². The normalized spacial score (nSPS) is 23.0. The van der Waals surface area contributed by atoms with Crippen LogP contribution in [0.1, 0.15) is 90.3 Å². The second kappa shape index (κ2) is 11.8. The number of allylic oxidation sites excluding steroid dienone is 2. The van der Waals surface area contributed by atoms with Gasteiger partial charge < -0.3 is 14.8 Å². The van der Waals surface area contributed by atoms with E-state index in [1.54, 1.807) is 0 Å². The molecule has 2 aliphatic rings. The van der Waals surface area contributed by atoms with Gasteiger partial charge in [0.25, 0.3) is 0 Å². The molecule has 0 spiro atoms. The fourth-order valence-corrected chi connectivity index (χ4v) is 5.77. The Morgan fingerprint density at radius 3 is 2.28 bits per heavy atom. The van der Waals surface area contributed by atoms with Gasteiger partial charge >= 0.3 is 5.97 Å². The highest BCUT2D eigenvalue weighted by Crippen LogP contribution is 2.47. The highest BCUT2D eigenvalue weighted by atomic mass is 16.6. The number of carbonyl (C=O) groups excluding carboxylic acids is 1. The highest BCUT2D eigenvalue weighted by molar-refractivity contribution is 5.85. The van der Waals surface area contributed by atoms with Gasteiger partial charge in [0.1, 0.15) is 0 Å². The number of esters is 1. The molecule has 1 N–H and O–H groups in total. The third-order valence-electron chi connectivity index (χ3n) is 8.37. The fraction of sp³-hybridized carbons (Fsp3) is 0.514. The van der Waals surface area contributed by atoms with Gasteiger partial charge in [-0.05, 0) is 83.5 Å². The van der Waals surface area contributed by atoms with Crippen LogP contribution in [0.4, 0.5) is 0 Å². The van der Waals surface area contributed by atoms with Crippen molar-refractivity contribution in [2.75, 3.05) is 19.8 Å². The molecule has 0 fully saturated rings. The first-order valence-corrected chi connectivity index (χ1v) is 14.7. The number of hydrogen-bond donors (Lipinski definition) is 1. The molecule has 0 radical (unpaired) electrons. The molecule has 0 saturated carbocycles. The third kappa shape index (κ3) is 6.56. The monoisotopic (exact) mass is 529 g/mol. The van der Waals surface area contributed by atoms with E-state index in [0.29, 0.717) is 19.3 Å². The molecule has 39 heavy (non-hydrogen) atoms. The van der Waals surface area contributed by atoms with Gasteiger partial charge in [-0.15, -0.1) is 0 Å². The Hall–Kier alpha value is -2.69. The molecule has 0 amide bonds. The molecule has 4 nitrogen and oxygen atoms in total. The topological polar surface area (TPSA) is 47.6 Å². The first-order chi connectivity index (χ1) is 18.5. The zero-order chi connectivity index (χ0) is 28.3. The lowest BCUT2D eigenvalue weighted by molar-refractivity contribution is -0.160. The molecule has 4 rings (SSSR count). The summed E-state index contributed by atoms with van der Waals surface area (Å²) in [6.07, 6.45) is 11.1. The van der Waals surface area contributed by atoms with Crippen LogP contribution in [0.3, 0.4) is 0 Å². The van der Waals surface area contributed by atoms with Crippen molar-refractivity contribution < 1.29 is 14.3 Å². The molecule has 0 bridgehead atoms. The number of benzene rings is 2. The smallest absolute Gasteiger partial charge is 0.346 e. The predicted molar refractivity (Wildman–Crippen MR) is 161 cm³/mol. The van der Waals surface area contributed by atoms with Crippen molar-refractivity contribution in [3.63, 3.8) is 0 Å². The maximum absolute atomic E-state index is 12.9. The summed E-state index contributed by atoms with van der Waals surface area (Å²) in [5.41, 5.74) is 5.83. The van der Waals surface area contributed by atoms with Crippen LogP contribution in [0.15, 0.2) is 66.8 Å². The van der Waals surface area contributed by atoms with E-state index < -0.39 is 5.60 Å². The van der Waals surface area contributed by atoms with Gasteiger partial charge in [-0.25, -0.2) is 4.79 Å². The molecule has 2 aromatic rings. The van der Waals surface area contributed by atoms with E-state index in [9.17, 15) is 4.79 Å². The average molecular weight is 530 g/mol. The number of hydrogen-bond acceptors (Lipinski definition) is 4. The van der Waals surface area contributed by atoms with Crippen LogP contribution in [0.5, 0.6) is 0 Å². The van der Waals surface area contributed by atoms with Gasteiger partial charge in [-0.3, -0.25) is 0 Å². The first-order valence-electron chi connectivity index (χ1n) is 14.7. The van der Waals surface area contributed by atoms with Crippen LogP contribution in [0.2, 0.25) is 0 Å². The molecule has 0 aliphatic heterocycles. The number of carbonyl (C=O) groups is 1. The zero-order valence-corrected chi connectivity index (χ0v) is 25.0. The van der Waals surface area contributed by atoms with Crippen molar-refractivity contribution >= 4 is 5.97 Å². The SMILES string of the molecule is CCOC(=O)C1(OCCCNC(C)C)C=CC(c2cccc(-c3ccc4c(c3)C(C)(C)CCC4(C)C)c2)C=C1. The quantitative estimate of drug-likeness (QED) is 0.195. The van der Waals surface area contributed by atoms with Crippen molar-refractivity contribution in [1.29, 1.82) is 0 Å². The highest BCUT2D eigenvalue weighted by Gasteiger charge is 2.39. The molecule has 0 aromatic heterocycles. The Kier molecular flexibility index (Phi) is 8.88. The van der Waals surface area contributed by atoms with E-state index in [1.807, 2.05) is 19.1 Å².